The second kappa shape index (κ2) is 7.80. The van der Waals surface area contributed by atoms with Gasteiger partial charge >= 0.3 is 0 Å². The minimum Gasteiger partial charge on any atom is -0.497 e. The number of Topliss-reactive ketones (excluding diaryl/α,β-unsaturated/α-hetero) is 1. The second-order valence-electron chi connectivity index (χ2n) is 5.67. The summed E-state index contributed by atoms with van der Waals surface area (Å²) in [5.74, 6) is 0.394. The number of alkyl halides is 1. The van der Waals surface area contributed by atoms with E-state index in [0.717, 1.165) is 5.56 Å². The first kappa shape index (κ1) is 17.6. The molecule has 5 nitrogen and oxygen atoms in total. The van der Waals surface area contributed by atoms with Crippen molar-refractivity contribution in [3.05, 3.63) is 60.2 Å². The molecule has 25 heavy (non-hydrogen) atoms. The van der Waals surface area contributed by atoms with Crippen molar-refractivity contribution < 1.29 is 19.1 Å². The van der Waals surface area contributed by atoms with Crippen LogP contribution in [-0.4, -0.2) is 36.3 Å². The van der Waals surface area contributed by atoms with Crippen LogP contribution in [0, 0.1) is 0 Å². The molecule has 0 spiro atoms. The van der Waals surface area contributed by atoms with Gasteiger partial charge in [0.1, 0.15) is 11.8 Å². The maximum atomic E-state index is 12.6. The van der Waals surface area contributed by atoms with E-state index in [1.807, 2.05) is 30.3 Å². The highest BCUT2D eigenvalue weighted by Crippen LogP contribution is 2.32. The standard InChI is InChI=1S/C19H18BrNO4/c1-24-15-9-7-14(8-10-15)21-17(16(22)11-20)18(19(21)23)25-12-13-5-3-2-4-6-13/h2-10,17-18H,11-12H2,1H3/t17-,18+/m0/s1. The number of hydrogen-bond donors (Lipinski definition) is 0. The Balaban J connectivity index is 1.76. The highest BCUT2D eigenvalue weighted by Gasteiger charge is 2.52. The third kappa shape index (κ3) is 3.60. The summed E-state index contributed by atoms with van der Waals surface area (Å²) in [4.78, 5) is 26.4. The average molecular weight is 404 g/mol. The minimum atomic E-state index is -0.757. The molecule has 130 valence electrons. The molecule has 0 radical (unpaired) electrons. The molecule has 1 heterocycles. The highest BCUT2D eigenvalue weighted by molar-refractivity contribution is 9.09. The molecule has 1 aliphatic rings. The Labute approximate surface area is 154 Å². The van der Waals surface area contributed by atoms with Gasteiger partial charge in [0.25, 0.3) is 5.91 Å². The molecule has 0 saturated carbocycles. The Hall–Kier alpha value is -2.18. The lowest BCUT2D eigenvalue weighted by molar-refractivity contribution is -0.149. The van der Waals surface area contributed by atoms with Crippen molar-refractivity contribution in [1.82, 2.24) is 0 Å². The molecular weight excluding hydrogens is 386 g/mol. The highest BCUT2D eigenvalue weighted by atomic mass is 79.9. The molecule has 1 aliphatic heterocycles. The fraction of sp³-hybridized carbons (Fsp3) is 0.263. The summed E-state index contributed by atoms with van der Waals surface area (Å²) in [5.41, 5.74) is 1.62. The quantitative estimate of drug-likeness (QED) is 0.526. The number of anilines is 1. The van der Waals surface area contributed by atoms with E-state index in [-0.39, 0.29) is 17.0 Å². The van der Waals surface area contributed by atoms with Gasteiger partial charge in [0.2, 0.25) is 0 Å². The zero-order valence-corrected chi connectivity index (χ0v) is 15.3. The van der Waals surface area contributed by atoms with Crippen LogP contribution in [0.3, 0.4) is 0 Å². The first-order valence-corrected chi connectivity index (χ1v) is 8.99. The van der Waals surface area contributed by atoms with Crippen molar-refractivity contribution in [2.24, 2.45) is 0 Å². The Morgan fingerprint density at radius 2 is 1.80 bits per heavy atom. The number of methoxy groups -OCH3 is 1. The predicted molar refractivity (Wildman–Crippen MR) is 98.1 cm³/mol. The van der Waals surface area contributed by atoms with Gasteiger partial charge in [0.05, 0.1) is 19.0 Å². The number of amides is 1. The Morgan fingerprint density at radius 3 is 2.40 bits per heavy atom. The number of rotatable bonds is 7. The molecule has 1 amide bonds. The first-order valence-electron chi connectivity index (χ1n) is 7.87. The molecule has 0 unspecified atom stereocenters. The molecule has 1 saturated heterocycles. The molecule has 0 aromatic heterocycles. The van der Waals surface area contributed by atoms with E-state index in [0.29, 0.717) is 18.0 Å². The van der Waals surface area contributed by atoms with Crippen LogP contribution in [-0.2, 0) is 20.9 Å². The van der Waals surface area contributed by atoms with Gasteiger partial charge in [0.15, 0.2) is 11.9 Å². The SMILES string of the molecule is COc1ccc(N2C(=O)[C@H](OCc3ccccc3)[C@@H]2C(=O)CBr)cc1. The Morgan fingerprint density at radius 1 is 1.12 bits per heavy atom. The average Bonchev–Trinajstić information content (AvgIpc) is 2.66. The summed E-state index contributed by atoms with van der Waals surface area (Å²) in [7, 11) is 1.58. The molecule has 1 fully saturated rings. The number of halogens is 1. The molecule has 2 atom stereocenters. The fourth-order valence-electron chi connectivity index (χ4n) is 2.81. The third-order valence-corrected chi connectivity index (χ3v) is 4.68. The zero-order chi connectivity index (χ0) is 17.8. The summed E-state index contributed by atoms with van der Waals surface area (Å²) in [5, 5.41) is 0.169. The molecule has 0 N–H and O–H groups in total. The van der Waals surface area contributed by atoms with E-state index in [9.17, 15) is 9.59 Å². The molecular formula is C19H18BrNO4. The van der Waals surface area contributed by atoms with Gasteiger partial charge in [-0.15, -0.1) is 0 Å². The summed E-state index contributed by atoms with van der Waals surface area (Å²) < 4.78 is 10.9. The maximum Gasteiger partial charge on any atom is 0.259 e. The number of β-lactam (4-membered cyclic amide) rings is 1. The van der Waals surface area contributed by atoms with E-state index in [1.165, 1.54) is 4.90 Å². The smallest absolute Gasteiger partial charge is 0.259 e. The summed E-state index contributed by atoms with van der Waals surface area (Å²) >= 11 is 3.19. The van der Waals surface area contributed by atoms with E-state index in [2.05, 4.69) is 15.9 Å². The molecule has 2 aromatic carbocycles. The predicted octanol–water partition coefficient (Wildman–Crippen LogP) is 2.96. The Bertz CT molecular complexity index is 748. The van der Waals surface area contributed by atoms with Crippen molar-refractivity contribution in [2.45, 2.75) is 18.8 Å². The maximum absolute atomic E-state index is 12.6. The number of hydrogen-bond acceptors (Lipinski definition) is 4. The van der Waals surface area contributed by atoms with Gasteiger partial charge in [-0.3, -0.25) is 14.5 Å². The van der Waals surface area contributed by atoms with Gasteiger partial charge in [-0.2, -0.15) is 0 Å². The van der Waals surface area contributed by atoms with Crippen LogP contribution < -0.4 is 9.64 Å². The van der Waals surface area contributed by atoms with E-state index in [4.69, 9.17) is 9.47 Å². The normalized spacial score (nSPS) is 19.4. The van der Waals surface area contributed by atoms with Gasteiger partial charge in [-0.1, -0.05) is 46.3 Å². The van der Waals surface area contributed by atoms with Gasteiger partial charge < -0.3 is 9.47 Å². The van der Waals surface area contributed by atoms with Gasteiger partial charge in [-0.05, 0) is 29.8 Å². The second-order valence-corrected chi connectivity index (χ2v) is 6.23. The van der Waals surface area contributed by atoms with Crippen LogP contribution in [0.2, 0.25) is 0 Å². The van der Waals surface area contributed by atoms with Crippen LogP contribution in [0.15, 0.2) is 54.6 Å². The number of ketones is 1. The van der Waals surface area contributed by atoms with Crippen LogP contribution in [0.25, 0.3) is 0 Å². The third-order valence-electron chi connectivity index (χ3n) is 4.13. The van der Waals surface area contributed by atoms with Crippen LogP contribution in [0.5, 0.6) is 5.75 Å². The number of ether oxygens (including phenoxy) is 2. The van der Waals surface area contributed by atoms with Crippen molar-refractivity contribution in [3.8, 4) is 5.75 Å². The summed E-state index contributed by atoms with van der Waals surface area (Å²) in [6, 6.07) is 16.0. The van der Waals surface area contributed by atoms with Crippen LogP contribution in [0.1, 0.15) is 5.56 Å². The lowest BCUT2D eigenvalue weighted by Gasteiger charge is -2.45. The van der Waals surface area contributed by atoms with Crippen LogP contribution in [0.4, 0.5) is 5.69 Å². The van der Waals surface area contributed by atoms with Crippen LogP contribution >= 0.6 is 15.9 Å². The summed E-state index contributed by atoms with van der Waals surface area (Å²) in [6.45, 7) is 0.291. The zero-order valence-electron chi connectivity index (χ0n) is 13.7. The lowest BCUT2D eigenvalue weighted by atomic mass is 9.93. The molecule has 0 aliphatic carbocycles. The van der Waals surface area contributed by atoms with E-state index in [1.54, 1.807) is 31.4 Å². The van der Waals surface area contributed by atoms with Crippen molar-refractivity contribution >= 4 is 33.3 Å². The molecule has 3 rings (SSSR count). The Kier molecular flexibility index (Phi) is 5.50. The lowest BCUT2D eigenvalue weighted by Crippen LogP contribution is -2.69. The molecule has 0 bridgehead atoms. The van der Waals surface area contributed by atoms with E-state index >= 15 is 0 Å². The topological polar surface area (TPSA) is 55.8 Å². The number of benzene rings is 2. The van der Waals surface area contributed by atoms with Gasteiger partial charge in [-0.25, -0.2) is 0 Å². The van der Waals surface area contributed by atoms with Gasteiger partial charge in [0, 0.05) is 5.69 Å². The largest absolute Gasteiger partial charge is 0.497 e. The number of carbonyl (C=O) groups is 2. The summed E-state index contributed by atoms with van der Waals surface area (Å²) in [6.07, 6.45) is -0.757. The van der Waals surface area contributed by atoms with Crippen molar-refractivity contribution in [1.29, 1.82) is 0 Å². The number of carbonyl (C=O) groups excluding carboxylic acids is 2. The van der Waals surface area contributed by atoms with Crippen molar-refractivity contribution in [3.63, 3.8) is 0 Å². The molecule has 2 aromatic rings. The minimum absolute atomic E-state index is 0.0894. The molecule has 6 heteroatoms. The fourth-order valence-corrected chi connectivity index (χ4v) is 3.14. The van der Waals surface area contributed by atoms with Crippen molar-refractivity contribution in [2.75, 3.05) is 17.3 Å². The monoisotopic (exact) mass is 403 g/mol. The number of nitrogens with zero attached hydrogens (tertiary/aromatic N) is 1. The first-order chi connectivity index (χ1) is 12.2. The van der Waals surface area contributed by atoms with E-state index < -0.39 is 12.1 Å².